The molecule has 0 N–H and O–H groups in total. The molecule has 6 nitrogen and oxygen atoms in total. The second-order valence-electron chi connectivity index (χ2n) is 7.13. The van der Waals surface area contributed by atoms with E-state index in [2.05, 4.69) is 0 Å². The van der Waals surface area contributed by atoms with Crippen molar-refractivity contribution in [3.05, 3.63) is 60.2 Å². The number of rotatable bonds is 9. The van der Waals surface area contributed by atoms with Gasteiger partial charge in [0.05, 0.1) is 28.1 Å². The lowest BCUT2D eigenvalue weighted by Gasteiger charge is -2.13. The van der Waals surface area contributed by atoms with Gasteiger partial charge in [-0.05, 0) is 31.0 Å². The first-order chi connectivity index (χ1) is 14.3. The van der Waals surface area contributed by atoms with Gasteiger partial charge in [0.1, 0.15) is 5.76 Å². The topological polar surface area (TPSA) is 83.5 Å². The standard InChI is InChI=1S/C23H27NO5S/c1-4-20(28-5-2)16-23-24(14-13-17(3)30(25,26)27)21-15-19(11-12-22(21)29-23)18-9-7-6-8-10-18/h6-12,15-17H,4-5,13-14H2,1-3H3. The van der Waals surface area contributed by atoms with Gasteiger partial charge in [-0.15, -0.1) is 0 Å². The van der Waals surface area contributed by atoms with Gasteiger partial charge in [-0.2, -0.15) is 4.57 Å². The molecule has 0 spiro atoms. The van der Waals surface area contributed by atoms with Gasteiger partial charge in [0, 0.05) is 18.9 Å². The van der Waals surface area contributed by atoms with Crippen LogP contribution in [0.15, 0.2) is 58.7 Å². The fraction of sp³-hybridized carbons (Fsp3) is 0.348. The number of ether oxygens (including phenoxy) is 1. The minimum Gasteiger partial charge on any atom is -0.748 e. The molecule has 3 rings (SSSR count). The summed E-state index contributed by atoms with van der Waals surface area (Å²) in [4.78, 5) is 0. The molecule has 2 aromatic carbocycles. The van der Waals surface area contributed by atoms with Crippen molar-refractivity contribution in [2.24, 2.45) is 0 Å². The van der Waals surface area contributed by atoms with E-state index in [-0.39, 0.29) is 6.42 Å². The third kappa shape index (κ3) is 5.09. The summed E-state index contributed by atoms with van der Waals surface area (Å²) in [6.07, 6.45) is 2.73. The van der Waals surface area contributed by atoms with Crippen molar-refractivity contribution in [3.8, 4) is 11.1 Å². The molecule has 0 radical (unpaired) electrons. The molecule has 0 fully saturated rings. The van der Waals surface area contributed by atoms with Crippen LogP contribution in [0.2, 0.25) is 0 Å². The second-order valence-corrected chi connectivity index (χ2v) is 8.92. The van der Waals surface area contributed by atoms with Gasteiger partial charge in [0.15, 0.2) is 6.54 Å². The molecule has 0 aliphatic carbocycles. The van der Waals surface area contributed by atoms with Crippen molar-refractivity contribution in [1.82, 2.24) is 0 Å². The molecular weight excluding hydrogens is 402 g/mol. The summed E-state index contributed by atoms with van der Waals surface area (Å²) in [6.45, 7) is 6.23. The molecule has 160 valence electrons. The maximum Gasteiger partial charge on any atom is 0.377 e. The zero-order chi connectivity index (χ0) is 21.7. The molecular formula is C23H27NO5S. The van der Waals surface area contributed by atoms with Crippen LogP contribution in [0.4, 0.5) is 0 Å². The van der Waals surface area contributed by atoms with Crippen molar-refractivity contribution >= 4 is 27.3 Å². The molecule has 1 unspecified atom stereocenters. The molecule has 0 amide bonds. The summed E-state index contributed by atoms with van der Waals surface area (Å²) in [5.41, 5.74) is 3.62. The van der Waals surface area contributed by atoms with Gasteiger partial charge in [-0.1, -0.05) is 43.3 Å². The summed E-state index contributed by atoms with van der Waals surface area (Å²) in [6, 6.07) is 15.9. The number of nitrogens with zero attached hydrogens (tertiary/aromatic N) is 1. The number of hydrogen-bond acceptors (Lipinski definition) is 5. The molecule has 1 aromatic heterocycles. The summed E-state index contributed by atoms with van der Waals surface area (Å²) in [7, 11) is -4.34. The summed E-state index contributed by atoms with van der Waals surface area (Å²) in [5.74, 6) is 1.34. The highest BCUT2D eigenvalue weighted by Gasteiger charge is 2.24. The monoisotopic (exact) mass is 429 g/mol. The number of aryl methyl sites for hydroxylation is 1. The Labute approximate surface area is 177 Å². The Kier molecular flexibility index (Phi) is 6.95. The van der Waals surface area contributed by atoms with Crippen LogP contribution in [0.5, 0.6) is 0 Å². The van der Waals surface area contributed by atoms with Gasteiger partial charge >= 0.3 is 5.89 Å². The van der Waals surface area contributed by atoms with Gasteiger partial charge < -0.3 is 13.7 Å². The van der Waals surface area contributed by atoms with E-state index in [1.165, 1.54) is 6.92 Å². The lowest BCUT2D eigenvalue weighted by atomic mass is 10.1. The van der Waals surface area contributed by atoms with Gasteiger partial charge in [0.2, 0.25) is 5.58 Å². The van der Waals surface area contributed by atoms with Crippen LogP contribution in [0, 0.1) is 0 Å². The quantitative estimate of drug-likeness (QED) is 0.284. The molecule has 0 aliphatic heterocycles. The van der Waals surface area contributed by atoms with Crippen molar-refractivity contribution in [2.75, 3.05) is 6.61 Å². The Hall–Kier alpha value is -2.64. The SMILES string of the molecule is CCOC(=Cc1oc2ccc(-c3ccccc3)cc2[n+]1CCC(C)S(=O)(=O)[O-])CC. The van der Waals surface area contributed by atoms with Crippen LogP contribution in [-0.2, 0) is 21.4 Å². The Morgan fingerprint density at radius 2 is 1.90 bits per heavy atom. The molecule has 7 heteroatoms. The molecule has 30 heavy (non-hydrogen) atoms. The molecule has 3 aromatic rings. The maximum atomic E-state index is 11.4. The average Bonchev–Trinajstić information content (AvgIpc) is 3.07. The van der Waals surface area contributed by atoms with E-state index in [1.54, 1.807) is 0 Å². The Morgan fingerprint density at radius 1 is 1.17 bits per heavy atom. The Bertz CT molecular complexity index is 1130. The Balaban J connectivity index is 2.09. The maximum absolute atomic E-state index is 11.4. The van der Waals surface area contributed by atoms with Crippen molar-refractivity contribution in [1.29, 1.82) is 0 Å². The van der Waals surface area contributed by atoms with Crippen LogP contribution >= 0.6 is 0 Å². The first kappa shape index (κ1) is 22.1. The Morgan fingerprint density at radius 3 is 2.53 bits per heavy atom. The number of hydrogen-bond donors (Lipinski definition) is 0. The van der Waals surface area contributed by atoms with Crippen LogP contribution < -0.4 is 4.57 Å². The largest absolute Gasteiger partial charge is 0.748 e. The van der Waals surface area contributed by atoms with E-state index in [0.717, 1.165) is 22.4 Å². The molecule has 0 aliphatic rings. The highest BCUT2D eigenvalue weighted by Crippen LogP contribution is 2.25. The fourth-order valence-corrected chi connectivity index (χ4v) is 3.67. The highest BCUT2D eigenvalue weighted by atomic mass is 32.2. The fourth-order valence-electron chi connectivity index (χ4n) is 3.27. The molecule has 1 heterocycles. The summed E-state index contributed by atoms with van der Waals surface area (Å²) in [5, 5.41) is -0.985. The van der Waals surface area contributed by atoms with Crippen LogP contribution in [0.1, 0.15) is 39.5 Å². The van der Waals surface area contributed by atoms with E-state index in [4.69, 9.17) is 9.15 Å². The second kappa shape index (κ2) is 9.45. The lowest BCUT2D eigenvalue weighted by molar-refractivity contribution is -0.678. The third-order valence-corrected chi connectivity index (χ3v) is 6.27. The minimum absolute atomic E-state index is 0.192. The lowest BCUT2D eigenvalue weighted by Crippen LogP contribution is -2.38. The average molecular weight is 430 g/mol. The van der Waals surface area contributed by atoms with Crippen LogP contribution in [0.25, 0.3) is 28.3 Å². The van der Waals surface area contributed by atoms with Crippen molar-refractivity contribution in [2.45, 2.75) is 45.4 Å². The molecule has 0 bridgehead atoms. The first-order valence-corrected chi connectivity index (χ1v) is 11.6. The number of allylic oxidation sites excluding steroid dienone is 1. The predicted molar refractivity (Wildman–Crippen MR) is 116 cm³/mol. The number of benzene rings is 2. The molecule has 0 saturated heterocycles. The normalized spacial score (nSPS) is 13.5. The van der Waals surface area contributed by atoms with E-state index < -0.39 is 15.4 Å². The van der Waals surface area contributed by atoms with Gasteiger partial charge in [-0.25, -0.2) is 8.42 Å². The zero-order valence-electron chi connectivity index (χ0n) is 17.5. The predicted octanol–water partition coefficient (Wildman–Crippen LogP) is 4.50. The van der Waals surface area contributed by atoms with Gasteiger partial charge in [0.25, 0.3) is 5.52 Å². The highest BCUT2D eigenvalue weighted by molar-refractivity contribution is 7.86. The van der Waals surface area contributed by atoms with E-state index >= 15 is 0 Å². The number of oxazole rings is 1. The molecule has 1 atom stereocenters. The van der Waals surface area contributed by atoms with Crippen molar-refractivity contribution in [3.63, 3.8) is 0 Å². The van der Waals surface area contributed by atoms with E-state index in [0.29, 0.717) is 31.0 Å². The first-order valence-electron chi connectivity index (χ1n) is 10.1. The van der Waals surface area contributed by atoms with Crippen LogP contribution in [0.3, 0.4) is 0 Å². The summed E-state index contributed by atoms with van der Waals surface area (Å²) >= 11 is 0. The molecule has 0 saturated carbocycles. The van der Waals surface area contributed by atoms with E-state index in [1.807, 2.05) is 73.0 Å². The van der Waals surface area contributed by atoms with Crippen molar-refractivity contribution < 1.29 is 26.7 Å². The number of fused-ring (bicyclic) bond motifs is 1. The smallest absolute Gasteiger partial charge is 0.377 e. The van der Waals surface area contributed by atoms with Gasteiger partial charge in [-0.3, -0.25) is 0 Å². The number of aromatic nitrogens is 1. The summed E-state index contributed by atoms with van der Waals surface area (Å²) < 4.78 is 47.7. The zero-order valence-corrected chi connectivity index (χ0v) is 18.3. The van der Waals surface area contributed by atoms with E-state index in [9.17, 15) is 13.0 Å². The van der Waals surface area contributed by atoms with Crippen LogP contribution in [-0.4, -0.2) is 24.8 Å². The minimum atomic E-state index is -4.34. The third-order valence-electron chi connectivity index (χ3n) is 5.05.